The molecule has 1 aliphatic carbocycles. The van der Waals surface area contributed by atoms with Crippen molar-refractivity contribution in [1.82, 2.24) is 25.0 Å². The lowest BCUT2D eigenvalue weighted by Crippen LogP contribution is -1.97. The molecule has 1 N–H and O–H groups in total. The largest absolute Gasteiger partial charge is 0.494 e. The number of H-pyrrole nitrogens is 1. The summed E-state index contributed by atoms with van der Waals surface area (Å²) in [6, 6.07) is 7.76. The van der Waals surface area contributed by atoms with Crippen LogP contribution in [-0.2, 0) is 0 Å². The van der Waals surface area contributed by atoms with E-state index in [9.17, 15) is 0 Å². The van der Waals surface area contributed by atoms with E-state index in [1.54, 1.807) is 18.0 Å². The first kappa shape index (κ1) is 12.1. The molecule has 1 saturated carbocycles. The molecule has 0 unspecified atom stereocenters. The molecule has 1 aliphatic rings. The van der Waals surface area contributed by atoms with E-state index >= 15 is 0 Å². The van der Waals surface area contributed by atoms with Crippen LogP contribution in [0, 0.1) is 0 Å². The van der Waals surface area contributed by atoms with Crippen molar-refractivity contribution in [1.29, 1.82) is 0 Å². The monoisotopic (exact) mass is 281 g/mol. The predicted molar refractivity (Wildman–Crippen MR) is 77.5 cm³/mol. The van der Waals surface area contributed by atoms with E-state index in [0.29, 0.717) is 11.7 Å². The Hall–Kier alpha value is -2.63. The summed E-state index contributed by atoms with van der Waals surface area (Å²) in [6.07, 6.45) is 6.09. The van der Waals surface area contributed by atoms with Gasteiger partial charge in [0.15, 0.2) is 5.82 Å². The van der Waals surface area contributed by atoms with Gasteiger partial charge in [0.05, 0.1) is 18.9 Å². The molecular weight excluding hydrogens is 266 g/mol. The first-order chi connectivity index (χ1) is 10.3. The summed E-state index contributed by atoms with van der Waals surface area (Å²) >= 11 is 0. The lowest BCUT2D eigenvalue weighted by atomic mass is 10.3. The van der Waals surface area contributed by atoms with Crippen molar-refractivity contribution in [2.24, 2.45) is 0 Å². The van der Waals surface area contributed by atoms with Gasteiger partial charge in [-0.15, -0.1) is 0 Å². The van der Waals surface area contributed by atoms with Crippen molar-refractivity contribution in [3.8, 4) is 22.8 Å². The van der Waals surface area contributed by atoms with E-state index in [2.05, 4.69) is 20.3 Å². The van der Waals surface area contributed by atoms with E-state index < -0.39 is 0 Å². The fourth-order valence-electron chi connectivity index (χ4n) is 2.33. The zero-order valence-electron chi connectivity index (χ0n) is 11.7. The molecule has 6 heteroatoms. The highest BCUT2D eigenvalue weighted by molar-refractivity contribution is 5.55. The second kappa shape index (κ2) is 4.73. The van der Waals surface area contributed by atoms with Crippen molar-refractivity contribution in [3.63, 3.8) is 0 Å². The molecule has 1 fully saturated rings. The lowest BCUT2D eigenvalue weighted by Gasteiger charge is -2.07. The Morgan fingerprint density at radius 3 is 2.95 bits per heavy atom. The van der Waals surface area contributed by atoms with Crippen LogP contribution < -0.4 is 4.74 Å². The number of aromatic nitrogens is 5. The molecule has 0 atom stereocenters. The van der Waals surface area contributed by atoms with Gasteiger partial charge >= 0.3 is 0 Å². The Balaban J connectivity index is 1.68. The summed E-state index contributed by atoms with van der Waals surface area (Å²) in [6.45, 7) is 0. The average Bonchev–Trinajstić information content (AvgIpc) is 3.07. The maximum Gasteiger partial charge on any atom is 0.184 e. The molecule has 3 aromatic rings. The van der Waals surface area contributed by atoms with Crippen LogP contribution in [0.5, 0.6) is 5.75 Å². The molecular formula is C15H15N5O. The molecule has 21 heavy (non-hydrogen) atoms. The number of hydrogen-bond donors (Lipinski definition) is 1. The Kier molecular flexibility index (Phi) is 2.73. The van der Waals surface area contributed by atoms with E-state index in [4.69, 9.17) is 4.74 Å². The third kappa shape index (κ3) is 2.18. The van der Waals surface area contributed by atoms with Gasteiger partial charge < -0.3 is 4.74 Å². The second-order valence-corrected chi connectivity index (χ2v) is 5.16. The quantitative estimate of drug-likeness (QED) is 0.798. The number of para-hydroxylation sites is 2. The topological polar surface area (TPSA) is 68.6 Å². The molecule has 2 heterocycles. The number of nitrogens with one attached hydrogen (secondary N) is 1. The fourth-order valence-corrected chi connectivity index (χ4v) is 2.33. The Morgan fingerprint density at radius 2 is 2.14 bits per heavy atom. The molecule has 0 saturated heterocycles. The van der Waals surface area contributed by atoms with E-state index in [0.717, 1.165) is 22.8 Å². The van der Waals surface area contributed by atoms with Crippen molar-refractivity contribution in [2.75, 3.05) is 7.11 Å². The Labute approximate surface area is 121 Å². The van der Waals surface area contributed by atoms with Crippen molar-refractivity contribution in [3.05, 3.63) is 42.5 Å². The van der Waals surface area contributed by atoms with Crippen LogP contribution >= 0.6 is 0 Å². The SMILES string of the molecule is COc1ccccc1-n1cc(-c2n[nH]c(C3CC3)n2)cn1. The van der Waals surface area contributed by atoms with Gasteiger partial charge in [0, 0.05) is 12.1 Å². The summed E-state index contributed by atoms with van der Waals surface area (Å²) in [5.41, 5.74) is 1.79. The summed E-state index contributed by atoms with van der Waals surface area (Å²) in [7, 11) is 1.65. The highest BCUT2D eigenvalue weighted by atomic mass is 16.5. The van der Waals surface area contributed by atoms with Gasteiger partial charge in [-0.3, -0.25) is 5.10 Å². The van der Waals surface area contributed by atoms with Crippen molar-refractivity contribution >= 4 is 0 Å². The minimum Gasteiger partial charge on any atom is -0.494 e. The molecule has 6 nitrogen and oxygen atoms in total. The van der Waals surface area contributed by atoms with E-state index in [1.807, 2.05) is 30.5 Å². The number of rotatable bonds is 4. The van der Waals surface area contributed by atoms with Crippen LogP contribution in [0.3, 0.4) is 0 Å². The predicted octanol–water partition coefficient (Wildman–Crippen LogP) is 2.54. The molecule has 2 aromatic heterocycles. The maximum atomic E-state index is 5.36. The van der Waals surface area contributed by atoms with Gasteiger partial charge in [-0.25, -0.2) is 9.67 Å². The standard InChI is InChI=1S/C15H15N5O/c1-21-13-5-3-2-4-12(13)20-9-11(8-16-20)15-17-14(18-19-15)10-6-7-10/h2-5,8-10H,6-7H2,1H3,(H,17,18,19). The van der Waals surface area contributed by atoms with Crippen LogP contribution in [0.4, 0.5) is 0 Å². The fraction of sp³-hybridized carbons (Fsp3) is 0.267. The van der Waals surface area contributed by atoms with Crippen LogP contribution in [0.25, 0.3) is 17.1 Å². The molecule has 0 aliphatic heterocycles. The summed E-state index contributed by atoms with van der Waals surface area (Å²) in [5, 5.41) is 11.7. The number of benzene rings is 1. The third-order valence-electron chi connectivity index (χ3n) is 3.64. The summed E-state index contributed by atoms with van der Waals surface area (Å²) in [4.78, 5) is 4.54. The molecule has 0 amide bonds. The molecule has 4 rings (SSSR count). The maximum absolute atomic E-state index is 5.36. The van der Waals surface area contributed by atoms with Crippen LogP contribution in [0.1, 0.15) is 24.6 Å². The van der Waals surface area contributed by atoms with E-state index in [-0.39, 0.29) is 0 Å². The Bertz CT molecular complexity index is 772. The zero-order chi connectivity index (χ0) is 14.2. The summed E-state index contributed by atoms with van der Waals surface area (Å²) < 4.78 is 7.14. The molecule has 106 valence electrons. The van der Waals surface area contributed by atoms with Gasteiger partial charge in [-0.05, 0) is 25.0 Å². The van der Waals surface area contributed by atoms with Gasteiger partial charge in [-0.2, -0.15) is 10.2 Å². The number of ether oxygens (including phenoxy) is 1. The number of methoxy groups -OCH3 is 1. The zero-order valence-corrected chi connectivity index (χ0v) is 11.7. The van der Waals surface area contributed by atoms with Crippen molar-refractivity contribution < 1.29 is 4.74 Å². The minimum absolute atomic E-state index is 0.565. The molecule has 0 bridgehead atoms. The number of hydrogen-bond acceptors (Lipinski definition) is 4. The van der Waals surface area contributed by atoms with Gasteiger partial charge in [0.25, 0.3) is 0 Å². The molecule has 0 spiro atoms. The number of nitrogens with zero attached hydrogens (tertiary/aromatic N) is 4. The number of aromatic amines is 1. The Morgan fingerprint density at radius 1 is 1.29 bits per heavy atom. The first-order valence-corrected chi connectivity index (χ1v) is 6.96. The average molecular weight is 281 g/mol. The minimum atomic E-state index is 0.565. The summed E-state index contributed by atoms with van der Waals surface area (Å²) in [5.74, 6) is 3.02. The smallest absolute Gasteiger partial charge is 0.184 e. The molecule has 0 radical (unpaired) electrons. The second-order valence-electron chi connectivity index (χ2n) is 5.16. The highest BCUT2D eigenvalue weighted by Crippen LogP contribution is 2.38. The van der Waals surface area contributed by atoms with Crippen LogP contribution in [0.2, 0.25) is 0 Å². The highest BCUT2D eigenvalue weighted by Gasteiger charge is 2.27. The third-order valence-corrected chi connectivity index (χ3v) is 3.64. The van der Waals surface area contributed by atoms with Crippen LogP contribution in [0.15, 0.2) is 36.7 Å². The lowest BCUT2D eigenvalue weighted by molar-refractivity contribution is 0.411. The van der Waals surface area contributed by atoms with E-state index in [1.165, 1.54) is 12.8 Å². The normalized spacial score (nSPS) is 14.3. The molecule has 1 aromatic carbocycles. The van der Waals surface area contributed by atoms with Gasteiger partial charge in [0.2, 0.25) is 0 Å². The van der Waals surface area contributed by atoms with Crippen LogP contribution in [-0.4, -0.2) is 32.1 Å². The van der Waals surface area contributed by atoms with Gasteiger partial charge in [-0.1, -0.05) is 12.1 Å². The van der Waals surface area contributed by atoms with Gasteiger partial charge in [0.1, 0.15) is 17.3 Å². The van der Waals surface area contributed by atoms with Crippen molar-refractivity contribution in [2.45, 2.75) is 18.8 Å². The first-order valence-electron chi connectivity index (χ1n) is 6.96.